The first-order chi connectivity index (χ1) is 21.7. The Labute approximate surface area is 264 Å². The average molecular weight is 664 g/mol. The van der Waals surface area contributed by atoms with Crippen LogP contribution in [0.2, 0.25) is 0 Å². The van der Waals surface area contributed by atoms with Gasteiger partial charge in [0.25, 0.3) is 15.9 Å². The molecule has 2 aliphatic rings. The number of rotatable bonds is 9. The number of nitrogens with zero attached hydrogens (tertiary/aromatic N) is 3. The van der Waals surface area contributed by atoms with Crippen LogP contribution in [0.1, 0.15) is 24.0 Å². The first kappa shape index (κ1) is 32.9. The van der Waals surface area contributed by atoms with Crippen molar-refractivity contribution >= 4 is 27.5 Å². The fraction of sp³-hybridized carbons (Fsp3) is 0.355. The molecule has 1 unspecified atom stereocenters. The van der Waals surface area contributed by atoms with E-state index < -0.39 is 44.5 Å². The summed E-state index contributed by atoms with van der Waals surface area (Å²) in [4.78, 5) is 31.3. The number of alkyl halides is 3. The van der Waals surface area contributed by atoms with Gasteiger partial charge in [-0.3, -0.25) is 14.5 Å². The fourth-order valence-electron chi connectivity index (χ4n) is 6.23. The van der Waals surface area contributed by atoms with Crippen LogP contribution in [0.25, 0.3) is 0 Å². The molecule has 0 saturated carbocycles. The Hall–Kier alpha value is -4.50. The maximum absolute atomic E-state index is 15.2. The summed E-state index contributed by atoms with van der Waals surface area (Å²) in [6.07, 6.45) is -4.36. The van der Waals surface area contributed by atoms with Gasteiger partial charge in [-0.15, -0.1) is 13.2 Å². The number of carbonyl (C=O) groups excluding carboxylic acids is 2. The Morgan fingerprint density at radius 2 is 1.59 bits per heavy atom. The molecular formula is C31H32F3N3O8S. The molecule has 2 aliphatic heterocycles. The Kier molecular flexibility index (Phi) is 8.59. The van der Waals surface area contributed by atoms with Crippen molar-refractivity contribution in [2.24, 2.45) is 0 Å². The van der Waals surface area contributed by atoms with Gasteiger partial charge in [0.2, 0.25) is 5.91 Å². The maximum atomic E-state index is 15.2. The minimum Gasteiger partial charge on any atom is -0.497 e. The van der Waals surface area contributed by atoms with Crippen LogP contribution in [-0.2, 0) is 25.2 Å². The van der Waals surface area contributed by atoms with E-state index in [1.165, 1.54) is 50.5 Å². The molecule has 0 spiro atoms. The Morgan fingerprint density at radius 1 is 0.913 bits per heavy atom. The SMILES string of the molecule is COc1ccc(S(=O)(=O)N2C(=O)C(c3ccccc3OC)(N3CCC[C@H]3C(=O)N(C)C)c3cc(OC(F)(F)F)ccc32)c(OC)c1. The van der Waals surface area contributed by atoms with E-state index in [-0.39, 0.29) is 46.5 Å². The number of fused-ring (bicyclic) bond motifs is 1. The summed E-state index contributed by atoms with van der Waals surface area (Å²) >= 11 is 0. The monoisotopic (exact) mass is 663 g/mol. The highest BCUT2D eigenvalue weighted by molar-refractivity contribution is 7.93. The lowest BCUT2D eigenvalue weighted by Crippen LogP contribution is -2.59. The molecule has 0 radical (unpaired) electrons. The quantitative estimate of drug-likeness (QED) is 0.333. The second-order valence-electron chi connectivity index (χ2n) is 10.8. The normalized spacial score (nSPS) is 20.0. The number of benzene rings is 3. The summed E-state index contributed by atoms with van der Waals surface area (Å²) in [6.45, 7) is 0.123. The standard InChI is InChI=1S/C31H32F3N3O8S/c1-35(2)28(38)24-10-8-16-36(24)30(21-9-6-7-11-25(21)43-4)22-17-20(45-31(32,33)34)12-14-23(22)37(29(30)39)46(40,41)27-15-13-19(42-3)18-26(27)44-5/h6-7,9,11-15,17-18,24H,8,10,16H2,1-5H3/t24-,30?/m0/s1. The van der Waals surface area contributed by atoms with E-state index in [1.807, 2.05) is 0 Å². The lowest BCUT2D eigenvalue weighted by Gasteiger charge is -2.42. The molecule has 15 heteroatoms. The molecule has 1 fully saturated rings. The highest BCUT2D eigenvalue weighted by Gasteiger charge is 2.63. The Bertz CT molecular complexity index is 1780. The van der Waals surface area contributed by atoms with E-state index in [2.05, 4.69) is 4.74 Å². The predicted octanol–water partition coefficient (Wildman–Crippen LogP) is 4.14. The maximum Gasteiger partial charge on any atom is 0.573 e. The third-order valence-corrected chi connectivity index (χ3v) is 9.84. The van der Waals surface area contributed by atoms with Crippen molar-refractivity contribution in [1.82, 2.24) is 9.80 Å². The van der Waals surface area contributed by atoms with Gasteiger partial charge < -0.3 is 23.8 Å². The van der Waals surface area contributed by atoms with Crippen molar-refractivity contribution in [3.8, 4) is 23.0 Å². The number of halogens is 3. The van der Waals surface area contributed by atoms with Gasteiger partial charge in [-0.25, -0.2) is 12.7 Å². The average Bonchev–Trinajstić information content (AvgIpc) is 3.60. The van der Waals surface area contributed by atoms with E-state index in [0.717, 1.165) is 18.2 Å². The summed E-state index contributed by atoms with van der Waals surface area (Å²) < 4.78 is 90.6. The molecule has 3 aromatic carbocycles. The second-order valence-corrected chi connectivity index (χ2v) is 12.6. The Balaban J connectivity index is 1.88. The molecule has 246 valence electrons. The molecule has 0 aromatic heterocycles. The van der Waals surface area contributed by atoms with E-state index >= 15 is 4.79 Å². The van der Waals surface area contributed by atoms with Gasteiger partial charge in [-0.1, -0.05) is 18.2 Å². The number of carbonyl (C=O) groups is 2. The van der Waals surface area contributed by atoms with E-state index in [9.17, 15) is 26.4 Å². The molecule has 0 aliphatic carbocycles. The van der Waals surface area contributed by atoms with Gasteiger partial charge in [0.05, 0.1) is 33.1 Å². The number of likely N-dealkylation sites (tertiary alicyclic amines) is 1. The summed E-state index contributed by atoms with van der Waals surface area (Å²) in [5.41, 5.74) is -2.39. The molecule has 3 aromatic rings. The second kappa shape index (κ2) is 12.0. The number of methoxy groups -OCH3 is 3. The molecule has 0 N–H and O–H groups in total. The van der Waals surface area contributed by atoms with E-state index in [1.54, 1.807) is 37.2 Å². The van der Waals surface area contributed by atoms with Crippen molar-refractivity contribution in [2.75, 3.05) is 46.3 Å². The van der Waals surface area contributed by atoms with Gasteiger partial charge in [-0.05, 0) is 49.2 Å². The number of sulfonamides is 1. The summed E-state index contributed by atoms with van der Waals surface area (Å²) in [6, 6.07) is 12.2. The number of likely N-dealkylation sites (N-methyl/N-ethyl adjacent to an activating group) is 1. The number of amides is 2. The third-order valence-electron chi connectivity index (χ3n) is 8.10. The highest BCUT2D eigenvalue weighted by Crippen LogP contribution is 2.55. The van der Waals surface area contributed by atoms with Crippen LogP contribution in [0.3, 0.4) is 0 Å². The zero-order valence-electron chi connectivity index (χ0n) is 25.6. The van der Waals surface area contributed by atoms with Crippen LogP contribution in [0, 0.1) is 0 Å². The zero-order valence-corrected chi connectivity index (χ0v) is 26.4. The number of hydrogen-bond donors (Lipinski definition) is 0. The number of hydrogen-bond acceptors (Lipinski definition) is 9. The summed E-state index contributed by atoms with van der Waals surface area (Å²) in [5.74, 6) is -1.82. The van der Waals surface area contributed by atoms with Crippen LogP contribution in [0.4, 0.5) is 18.9 Å². The topological polar surface area (TPSA) is 115 Å². The molecule has 2 heterocycles. The molecule has 5 rings (SSSR count). The zero-order chi connectivity index (χ0) is 33.6. The van der Waals surface area contributed by atoms with Gasteiger partial charge in [-0.2, -0.15) is 0 Å². The summed E-state index contributed by atoms with van der Waals surface area (Å²) in [7, 11) is 2.24. The lowest BCUT2D eigenvalue weighted by atomic mass is 9.80. The van der Waals surface area contributed by atoms with E-state index in [0.29, 0.717) is 17.1 Å². The van der Waals surface area contributed by atoms with Crippen molar-refractivity contribution in [3.63, 3.8) is 0 Å². The molecule has 0 bridgehead atoms. The van der Waals surface area contributed by atoms with Crippen molar-refractivity contribution < 1.29 is 50.1 Å². The predicted molar refractivity (Wildman–Crippen MR) is 160 cm³/mol. The summed E-state index contributed by atoms with van der Waals surface area (Å²) in [5, 5.41) is 0. The molecule has 11 nitrogen and oxygen atoms in total. The first-order valence-corrected chi connectivity index (χ1v) is 15.5. The minimum absolute atomic E-state index is 0.123. The van der Waals surface area contributed by atoms with Crippen molar-refractivity contribution in [3.05, 3.63) is 71.8 Å². The largest absolute Gasteiger partial charge is 0.573 e. The van der Waals surface area contributed by atoms with Crippen LogP contribution < -0.4 is 23.3 Å². The van der Waals surface area contributed by atoms with Gasteiger partial charge in [0.1, 0.15) is 27.9 Å². The molecule has 2 amide bonds. The molecular weight excluding hydrogens is 631 g/mol. The minimum atomic E-state index is -5.09. The van der Waals surface area contributed by atoms with Crippen molar-refractivity contribution in [2.45, 2.75) is 35.7 Å². The fourth-order valence-corrected chi connectivity index (χ4v) is 7.84. The highest BCUT2D eigenvalue weighted by atomic mass is 32.2. The number of para-hydroxylation sites is 1. The molecule has 2 atom stereocenters. The Morgan fingerprint density at radius 3 is 2.22 bits per heavy atom. The molecule has 1 saturated heterocycles. The first-order valence-electron chi connectivity index (χ1n) is 14.1. The van der Waals surface area contributed by atoms with Crippen LogP contribution >= 0.6 is 0 Å². The third kappa shape index (κ3) is 5.26. The van der Waals surface area contributed by atoms with E-state index in [4.69, 9.17) is 14.2 Å². The van der Waals surface area contributed by atoms with Crippen molar-refractivity contribution in [1.29, 1.82) is 0 Å². The van der Waals surface area contributed by atoms with Gasteiger partial charge in [0.15, 0.2) is 5.54 Å². The van der Waals surface area contributed by atoms with Crippen LogP contribution in [0.15, 0.2) is 65.6 Å². The molecule has 46 heavy (non-hydrogen) atoms. The smallest absolute Gasteiger partial charge is 0.497 e. The van der Waals surface area contributed by atoms with Crippen LogP contribution in [0.5, 0.6) is 23.0 Å². The van der Waals surface area contributed by atoms with Gasteiger partial charge in [0, 0.05) is 37.8 Å². The van der Waals surface area contributed by atoms with Gasteiger partial charge >= 0.3 is 6.36 Å². The number of ether oxygens (including phenoxy) is 4. The van der Waals surface area contributed by atoms with Crippen LogP contribution in [-0.4, -0.2) is 84.4 Å². The number of anilines is 1. The lowest BCUT2D eigenvalue weighted by molar-refractivity contribution is -0.274.